The molecule has 186 valence electrons. The first-order valence-corrected chi connectivity index (χ1v) is 12.6. The van der Waals surface area contributed by atoms with E-state index in [1.54, 1.807) is 13.2 Å². The number of carboxylic acid groups (broad SMARTS) is 1. The molecule has 3 aromatic carbocycles. The second-order valence-corrected chi connectivity index (χ2v) is 9.53. The Kier molecular flexibility index (Phi) is 7.24. The minimum atomic E-state index is -0.969. The largest absolute Gasteiger partial charge is 0.497 e. The van der Waals surface area contributed by atoms with Gasteiger partial charge in [0.2, 0.25) is 0 Å². The van der Waals surface area contributed by atoms with Gasteiger partial charge in [0.25, 0.3) is 0 Å². The number of aliphatic carboxylic acids is 1. The van der Waals surface area contributed by atoms with Crippen molar-refractivity contribution >= 4 is 34.8 Å². The molecule has 0 spiro atoms. The fourth-order valence-corrected chi connectivity index (χ4v) is 5.01. The normalized spacial score (nSPS) is 14.3. The first kappa shape index (κ1) is 24.6. The molecule has 0 amide bonds. The van der Waals surface area contributed by atoms with Crippen LogP contribution in [0.3, 0.4) is 0 Å². The highest BCUT2D eigenvalue weighted by molar-refractivity contribution is 6.33. The summed E-state index contributed by atoms with van der Waals surface area (Å²) in [6, 6.07) is 22.4. The maximum Gasteiger partial charge on any atom is 0.328 e. The molecule has 6 heteroatoms. The standard InChI is InChI=1S/C31H27ClN2O3/c1-37-26-14-15-27(28(32)17-26)31(22-3-2-4-22)30(23-8-5-20(6-9-23)7-16-29(35)36)24-12-10-21(11-13-24)25-18-33-34-19-25/h5-19,22H,2-4H2,1H3,(H,33,34)(H,35,36). The molecule has 5 nitrogen and oxygen atoms in total. The number of hydrogen-bond acceptors (Lipinski definition) is 3. The number of carbonyl (C=O) groups is 1. The first-order valence-electron chi connectivity index (χ1n) is 12.2. The van der Waals surface area contributed by atoms with Crippen molar-refractivity contribution in [2.24, 2.45) is 5.92 Å². The van der Waals surface area contributed by atoms with Crippen molar-refractivity contribution in [1.82, 2.24) is 10.2 Å². The van der Waals surface area contributed by atoms with Crippen molar-refractivity contribution in [2.45, 2.75) is 19.3 Å². The molecule has 1 aliphatic carbocycles. The van der Waals surface area contributed by atoms with Gasteiger partial charge in [-0.2, -0.15) is 5.10 Å². The van der Waals surface area contributed by atoms with Gasteiger partial charge < -0.3 is 9.84 Å². The molecule has 1 heterocycles. The van der Waals surface area contributed by atoms with Crippen LogP contribution in [0.4, 0.5) is 0 Å². The van der Waals surface area contributed by atoms with E-state index >= 15 is 0 Å². The Labute approximate surface area is 221 Å². The smallest absolute Gasteiger partial charge is 0.328 e. The van der Waals surface area contributed by atoms with E-state index < -0.39 is 5.97 Å². The average Bonchev–Trinajstić information content (AvgIpc) is 3.42. The van der Waals surface area contributed by atoms with Crippen molar-refractivity contribution in [1.29, 1.82) is 0 Å². The summed E-state index contributed by atoms with van der Waals surface area (Å²) in [6.07, 6.45) is 9.84. The molecule has 0 aliphatic heterocycles. The zero-order valence-electron chi connectivity index (χ0n) is 20.4. The lowest BCUT2D eigenvalue weighted by atomic mass is 9.73. The Morgan fingerprint density at radius 1 is 1.03 bits per heavy atom. The Hall–Kier alpha value is -4.09. The van der Waals surface area contributed by atoms with Gasteiger partial charge in [0.05, 0.1) is 18.3 Å². The van der Waals surface area contributed by atoms with Crippen molar-refractivity contribution in [2.75, 3.05) is 7.11 Å². The second kappa shape index (κ2) is 10.9. The predicted molar refractivity (Wildman–Crippen MR) is 148 cm³/mol. The highest BCUT2D eigenvalue weighted by atomic mass is 35.5. The van der Waals surface area contributed by atoms with Crippen molar-refractivity contribution in [3.8, 4) is 16.9 Å². The van der Waals surface area contributed by atoms with E-state index in [9.17, 15) is 4.79 Å². The highest BCUT2D eigenvalue weighted by Gasteiger charge is 2.28. The van der Waals surface area contributed by atoms with Crippen molar-refractivity contribution in [3.05, 3.63) is 112 Å². The molecule has 0 unspecified atom stereocenters. The maximum absolute atomic E-state index is 11.0. The molecule has 5 rings (SSSR count). The number of H-pyrrole nitrogens is 1. The SMILES string of the molecule is COc1ccc(C(=C(c2ccc(C=CC(=O)O)cc2)c2ccc(-c3cn[nH]c3)cc2)C2CCC2)c(Cl)c1. The van der Waals surface area contributed by atoms with E-state index in [4.69, 9.17) is 21.4 Å². The third kappa shape index (κ3) is 5.37. The summed E-state index contributed by atoms with van der Waals surface area (Å²) in [5.41, 5.74) is 8.45. The molecule has 2 N–H and O–H groups in total. The number of hydrogen-bond donors (Lipinski definition) is 2. The van der Waals surface area contributed by atoms with Gasteiger partial charge in [0.1, 0.15) is 5.75 Å². The summed E-state index contributed by atoms with van der Waals surface area (Å²) in [4.78, 5) is 11.0. The van der Waals surface area contributed by atoms with Gasteiger partial charge in [0.15, 0.2) is 0 Å². The van der Waals surface area contributed by atoms with E-state index in [-0.39, 0.29) is 0 Å². The molecular formula is C31H27ClN2O3. The number of ether oxygens (including phenoxy) is 1. The number of rotatable bonds is 8. The Bertz CT molecular complexity index is 1450. The fourth-order valence-electron chi connectivity index (χ4n) is 4.74. The summed E-state index contributed by atoms with van der Waals surface area (Å²) < 4.78 is 5.41. The van der Waals surface area contributed by atoms with E-state index in [0.717, 1.165) is 63.6 Å². The quantitative estimate of drug-likeness (QED) is 0.189. The average molecular weight is 511 g/mol. The number of carboxylic acids is 1. The van der Waals surface area contributed by atoms with Crippen LogP contribution in [0.1, 0.15) is 41.5 Å². The number of halogens is 1. The summed E-state index contributed by atoms with van der Waals surface area (Å²) >= 11 is 6.85. The monoisotopic (exact) mass is 510 g/mol. The molecule has 0 saturated heterocycles. The van der Waals surface area contributed by atoms with Gasteiger partial charge in [-0.05, 0) is 82.0 Å². The highest BCUT2D eigenvalue weighted by Crippen LogP contribution is 2.47. The van der Waals surface area contributed by atoms with Crippen LogP contribution in [0.5, 0.6) is 5.75 Å². The van der Waals surface area contributed by atoms with E-state index in [1.165, 1.54) is 12.0 Å². The zero-order chi connectivity index (χ0) is 25.8. The maximum atomic E-state index is 11.0. The second-order valence-electron chi connectivity index (χ2n) is 9.12. The van der Waals surface area contributed by atoms with Gasteiger partial charge in [-0.3, -0.25) is 5.10 Å². The number of nitrogens with one attached hydrogen (secondary N) is 1. The zero-order valence-corrected chi connectivity index (χ0v) is 21.2. The molecule has 0 bridgehead atoms. The Morgan fingerprint density at radius 3 is 2.27 bits per heavy atom. The number of methoxy groups -OCH3 is 1. The third-order valence-corrected chi connectivity index (χ3v) is 7.18. The van der Waals surface area contributed by atoms with Crippen LogP contribution in [0.25, 0.3) is 28.3 Å². The van der Waals surface area contributed by atoms with E-state index in [1.807, 2.05) is 36.7 Å². The van der Waals surface area contributed by atoms with Crippen LogP contribution in [0.15, 0.2) is 85.2 Å². The van der Waals surface area contributed by atoms with Crippen molar-refractivity contribution in [3.63, 3.8) is 0 Å². The van der Waals surface area contributed by atoms with Gasteiger partial charge in [-0.15, -0.1) is 0 Å². The molecule has 1 saturated carbocycles. The minimum absolute atomic E-state index is 0.390. The van der Waals surface area contributed by atoms with Crippen LogP contribution >= 0.6 is 11.6 Å². The summed E-state index contributed by atoms with van der Waals surface area (Å²) in [5, 5.41) is 16.6. The van der Waals surface area contributed by atoms with Crippen LogP contribution in [-0.4, -0.2) is 28.4 Å². The predicted octanol–water partition coefficient (Wildman–Crippen LogP) is 7.60. The van der Waals surface area contributed by atoms with Crippen LogP contribution < -0.4 is 4.74 Å². The van der Waals surface area contributed by atoms with Gasteiger partial charge in [-0.25, -0.2) is 4.79 Å². The van der Waals surface area contributed by atoms with Crippen LogP contribution in [-0.2, 0) is 4.79 Å². The molecule has 0 radical (unpaired) electrons. The van der Waals surface area contributed by atoms with Crippen LogP contribution in [0.2, 0.25) is 5.02 Å². The van der Waals surface area contributed by atoms with Gasteiger partial charge >= 0.3 is 5.97 Å². The van der Waals surface area contributed by atoms with Crippen molar-refractivity contribution < 1.29 is 14.6 Å². The minimum Gasteiger partial charge on any atom is -0.497 e. The molecule has 1 aromatic heterocycles. The molecule has 1 aliphatic rings. The number of allylic oxidation sites excluding steroid dienone is 1. The van der Waals surface area contributed by atoms with Gasteiger partial charge in [0, 0.05) is 17.8 Å². The van der Waals surface area contributed by atoms with E-state index in [2.05, 4.69) is 52.7 Å². The molecule has 0 atom stereocenters. The first-order chi connectivity index (χ1) is 18.0. The lowest BCUT2D eigenvalue weighted by Crippen LogP contribution is -2.15. The molecule has 1 fully saturated rings. The lowest BCUT2D eigenvalue weighted by Gasteiger charge is -2.32. The lowest BCUT2D eigenvalue weighted by molar-refractivity contribution is -0.131. The Balaban J connectivity index is 1.69. The molecule has 4 aromatic rings. The summed E-state index contributed by atoms with van der Waals surface area (Å²) in [7, 11) is 1.64. The summed E-state index contributed by atoms with van der Waals surface area (Å²) in [6.45, 7) is 0. The Morgan fingerprint density at radius 2 is 1.73 bits per heavy atom. The van der Waals surface area contributed by atoms with E-state index in [0.29, 0.717) is 10.9 Å². The molecule has 37 heavy (non-hydrogen) atoms. The third-order valence-electron chi connectivity index (χ3n) is 6.87. The molecular weight excluding hydrogens is 484 g/mol. The number of benzene rings is 3. The fraction of sp³-hybridized carbons (Fsp3) is 0.161. The summed E-state index contributed by atoms with van der Waals surface area (Å²) in [5.74, 6) is 0.145. The number of aromatic nitrogens is 2. The topological polar surface area (TPSA) is 75.2 Å². The number of nitrogens with zero attached hydrogens (tertiary/aromatic N) is 1. The van der Waals surface area contributed by atoms with Gasteiger partial charge in [-0.1, -0.05) is 66.6 Å². The van der Waals surface area contributed by atoms with Crippen LogP contribution in [0, 0.1) is 5.92 Å². The number of aromatic amines is 1.